The highest BCUT2D eigenvalue weighted by molar-refractivity contribution is 6.30. The summed E-state index contributed by atoms with van der Waals surface area (Å²) in [5.74, 6) is 2.92. The SMILES string of the molecule is Clc1ccc2c(c1)COCc1nnc(C3CCC(Oc4ccccn4)CC3)n1-2. The Kier molecular flexibility index (Phi) is 4.74. The van der Waals surface area contributed by atoms with Gasteiger partial charge in [0.1, 0.15) is 18.5 Å². The zero-order chi connectivity index (χ0) is 18.9. The van der Waals surface area contributed by atoms with Crippen molar-refractivity contribution in [3.05, 3.63) is 64.8 Å². The van der Waals surface area contributed by atoms with Crippen LogP contribution in [0.15, 0.2) is 42.6 Å². The fourth-order valence-corrected chi connectivity index (χ4v) is 4.31. The fourth-order valence-electron chi connectivity index (χ4n) is 4.12. The molecule has 3 aromatic rings. The molecule has 1 saturated carbocycles. The summed E-state index contributed by atoms with van der Waals surface area (Å²) >= 11 is 6.19. The van der Waals surface area contributed by atoms with Crippen molar-refractivity contribution in [3.8, 4) is 11.6 Å². The highest BCUT2D eigenvalue weighted by Crippen LogP contribution is 2.36. The van der Waals surface area contributed by atoms with Crippen molar-refractivity contribution in [1.29, 1.82) is 0 Å². The number of hydrogen-bond acceptors (Lipinski definition) is 5. The summed E-state index contributed by atoms with van der Waals surface area (Å²) in [4.78, 5) is 4.27. The maximum atomic E-state index is 6.19. The first-order valence-corrected chi connectivity index (χ1v) is 10.0. The molecule has 1 aromatic carbocycles. The number of fused-ring (bicyclic) bond motifs is 3. The van der Waals surface area contributed by atoms with Gasteiger partial charge in [0, 0.05) is 28.8 Å². The van der Waals surface area contributed by atoms with E-state index < -0.39 is 0 Å². The molecule has 0 radical (unpaired) electrons. The van der Waals surface area contributed by atoms with Gasteiger partial charge in [-0.25, -0.2) is 4.98 Å². The maximum absolute atomic E-state index is 6.19. The molecule has 0 N–H and O–H groups in total. The molecule has 0 saturated heterocycles. The molecule has 0 bridgehead atoms. The van der Waals surface area contributed by atoms with E-state index in [1.165, 1.54) is 0 Å². The largest absolute Gasteiger partial charge is 0.474 e. The number of pyridine rings is 1. The van der Waals surface area contributed by atoms with Gasteiger partial charge in [-0.3, -0.25) is 4.57 Å². The maximum Gasteiger partial charge on any atom is 0.213 e. The summed E-state index contributed by atoms with van der Waals surface area (Å²) in [7, 11) is 0. The molecule has 2 aliphatic rings. The minimum absolute atomic E-state index is 0.201. The quantitative estimate of drug-likeness (QED) is 0.654. The Hall–Kier alpha value is -2.44. The molecule has 5 rings (SSSR count). The first-order chi connectivity index (χ1) is 13.8. The van der Waals surface area contributed by atoms with Gasteiger partial charge in [0.15, 0.2) is 5.82 Å². The lowest BCUT2D eigenvalue weighted by atomic mass is 9.86. The Morgan fingerprint density at radius 2 is 1.93 bits per heavy atom. The lowest BCUT2D eigenvalue weighted by Crippen LogP contribution is -2.25. The van der Waals surface area contributed by atoms with Crippen LogP contribution in [0, 0.1) is 0 Å². The molecule has 6 nitrogen and oxygen atoms in total. The molecule has 3 heterocycles. The summed E-state index contributed by atoms with van der Waals surface area (Å²) < 4.78 is 14.0. The minimum atomic E-state index is 0.201. The number of halogens is 1. The third kappa shape index (κ3) is 3.38. The molecule has 1 aliphatic carbocycles. The summed E-state index contributed by atoms with van der Waals surface area (Å²) in [6, 6.07) is 11.7. The minimum Gasteiger partial charge on any atom is -0.474 e. The Morgan fingerprint density at radius 1 is 1.04 bits per heavy atom. The number of hydrogen-bond donors (Lipinski definition) is 0. The van der Waals surface area contributed by atoms with Crippen molar-refractivity contribution < 1.29 is 9.47 Å². The molecule has 0 amide bonds. The van der Waals surface area contributed by atoms with Gasteiger partial charge < -0.3 is 9.47 Å². The average molecular weight is 397 g/mol. The van der Waals surface area contributed by atoms with Crippen molar-refractivity contribution in [3.63, 3.8) is 0 Å². The topological polar surface area (TPSA) is 62.1 Å². The van der Waals surface area contributed by atoms with E-state index in [1.807, 2.05) is 36.4 Å². The molecule has 144 valence electrons. The summed E-state index contributed by atoms with van der Waals surface area (Å²) in [5, 5.41) is 9.67. The number of benzene rings is 1. The normalized spacial score (nSPS) is 21.5. The Balaban J connectivity index is 1.37. The third-order valence-corrected chi connectivity index (χ3v) is 5.73. The number of rotatable bonds is 3. The van der Waals surface area contributed by atoms with Crippen LogP contribution in [0.4, 0.5) is 0 Å². The summed E-state index contributed by atoms with van der Waals surface area (Å²) in [6.07, 6.45) is 5.95. The van der Waals surface area contributed by atoms with Gasteiger partial charge in [0.05, 0.1) is 12.3 Å². The highest BCUT2D eigenvalue weighted by atomic mass is 35.5. The van der Waals surface area contributed by atoms with Crippen molar-refractivity contribution in [1.82, 2.24) is 19.7 Å². The fraction of sp³-hybridized carbons (Fsp3) is 0.381. The molecular formula is C21H21ClN4O2. The summed E-state index contributed by atoms with van der Waals surface area (Å²) in [6.45, 7) is 0.987. The van der Waals surface area contributed by atoms with Crippen LogP contribution >= 0.6 is 11.6 Å². The van der Waals surface area contributed by atoms with Gasteiger partial charge in [-0.05, 0) is 49.9 Å². The lowest BCUT2D eigenvalue weighted by molar-refractivity contribution is 0.105. The van der Waals surface area contributed by atoms with Crippen LogP contribution in [-0.4, -0.2) is 25.9 Å². The van der Waals surface area contributed by atoms with Gasteiger partial charge in [0.2, 0.25) is 5.88 Å². The van der Waals surface area contributed by atoms with Gasteiger partial charge in [-0.1, -0.05) is 17.7 Å². The Morgan fingerprint density at radius 3 is 2.75 bits per heavy atom. The molecule has 2 aromatic heterocycles. The second-order valence-corrected chi connectivity index (χ2v) is 7.77. The number of ether oxygens (including phenoxy) is 2. The van der Waals surface area contributed by atoms with Crippen molar-refractivity contribution in [2.45, 2.75) is 50.9 Å². The highest BCUT2D eigenvalue weighted by Gasteiger charge is 2.30. The van der Waals surface area contributed by atoms with Gasteiger partial charge in [0.25, 0.3) is 0 Å². The van der Waals surface area contributed by atoms with Crippen LogP contribution in [0.5, 0.6) is 5.88 Å². The third-order valence-electron chi connectivity index (χ3n) is 5.49. The van der Waals surface area contributed by atoms with Gasteiger partial charge >= 0.3 is 0 Å². The zero-order valence-corrected chi connectivity index (χ0v) is 16.2. The predicted molar refractivity (Wildman–Crippen MR) is 105 cm³/mol. The van der Waals surface area contributed by atoms with E-state index in [1.54, 1.807) is 6.20 Å². The second-order valence-electron chi connectivity index (χ2n) is 7.34. The van der Waals surface area contributed by atoms with Crippen molar-refractivity contribution in [2.24, 2.45) is 0 Å². The van der Waals surface area contributed by atoms with E-state index >= 15 is 0 Å². The van der Waals surface area contributed by atoms with Crippen LogP contribution in [0.2, 0.25) is 5.02 Å². The first-order valence-electron chi connectivity index (χ1n) is 9.66. The van der Waals surface area contributed by atoms with Crippen molar-refractivity contribution >= 4 is 11.6 Å². The first kappa shape index (κ1) is 17.6. The van der Waals surface area contributed by atoms with Crippen LogP contribution in [0.25, 0.3) is 5.69 Å². The molecule has 28 heavy (non-hydrogen) atoms. The van der Waals surface area contributed by atoms with Crippen LogP contribution < -0.4 is 4.74 Å². The molecule has 0 spiro atoms. The second kappa shape index (κ2) is 7.53. The number of aromatic nitrogens is 4. The van der Waals surface area contributed by atoms with E-state index in [2.05, 4.69) is 19.7 Å². The lowest BCUT2D eigenvalue weighted by Gasteiger charge is -2.28. The standard InChI is InChI=1S/C21H21ClN4O2/c22-16-6-9-18-15(11-16)12-27-13-19-24-25-21(26(18)19)14-4-7-17(8-5-14)28-20-3-1-2-10-23-20/h1-3,6,9-11,14,17H,4-5,7-8,12-13H2. The van der Waals surface area contributed by atoms with Crippen LogP contribution in [0.1, 0.15) is 48.8 Å². The van der Waals surface area contributed by atoms with E-state index in [4.69, 9.17) is 21.1 Å². The predicted octanol–water partition coefficient (Wildman–Crippen LogP) is 4.45. The number of nitrogens with zero attached hydrogens (tertiary/aromatic N) is 4. The molecule has 1 aliphatic heterocycles. The van der Waals surface area contributed by atoms with E-state index in [0.29, 0.717) is 30.0 Å². The monoisotopic (exact) mass is 396 g/mol. The molecular weight excluding hydrogens is 376 g/mol. The van der Waals surface area contributed by atoms with E-state index in [0.717, 1.165) is 48.6 Å². The Bertz CT molecular complexity index is 968. The Labute approximate surface area is 168 Å². The molecule has 7 heteroatoms. The average Bonchev–Trinajstić information content (AvgIpc) is 3.05. The van der Waals surface area contributed by atoms with E-state index in [-0.39, 0.29) is 6.10 Å². The molecule has 0 unspecified atom stereocenters. The van der Waals surface area contributed by atoms with Gasteiger partial charge in [-0.2, -0.15) is 0 Å². The smallest absolute Gasteiger partial charge is 0.213 e. The van der Waals surface area contributed by atoms with E-state index in [9.17, 15) is 0 Å². The van der Waals surface area contributed by atoms with Crippen LogP contribution in [-0.2, 0) is 18.0 Å². The van der Waals surface area contributed by atoms with Gasteiger partial charge in [-0.15, -0.1) is 10.2 Å². The van der Waals surface area contributed by atoms with Crippen LogP contribution in [0.3, 0.4) is 0 Å². The summed E-state index contributed by atoms with van der Waals surface area (Å²) in [5.41, 5.74) is 2.14. The van der Waals surface area contributed by atoms with Crippen molar-refractivity contribution in [2.75, 3.05) is 0 Å². The zero-order valence-electron chi connectivity index (χ0n) is 15.4. The molecule has 0 atom stereocenters. The molecule has 1 fully saturated rings.